The maximum atomic E-state index is 11.4. The Morgan fingerprint density at radius 1 is 1.11 bits per heavy atom. The van der Waals surface area contributed by atoms with E-state index >= 15 is 0 Å². The lowest BCUT2D eigenvalue weighted by Gasteiger charge is -2.22. The van der Waals surface area contributed by atoms with Gasteiger partial charge in [-0.25, -0.2) is 8.42 Å². The van der Waals surface area contributed by atoms with Crippen LogP contribution in [-0.2, 0) is 15.4 Å². The highest BCUT2D eigenvalue weighted by atomic mass is 32.2. The third kappa shape index (κ3) is 2.84. The second-order valence-corrected chi connectivity index (χ2v) is 7.51. The van der Waals surface area contributed by atoms with Crippen molar-refractivity contribution in [2.24, 2.45) is 0 Å². The van der Waals surface area contributed by atoms with Gasteiger partial charge in [-0.1, -0.05) is 0 Å². The van der Waals surface area contributed by atoms with E-state index in [1.165, 1.54) is 6.26 Å². The second-order valence-electron chi connectivity index (χ2n) is 5.49. The van der Waals surface area contributed by atoms with E-state index in [2.05, 4.69) is 31.0 Å². The summed E-state index contributed by atoms with van der Waals surface area (Å²) in [6, 6.07) is 6.68. The van der Waals surface area contributed by atoms with Crippen molar-refractivity contribution < 1.29 is 8.42 Å². The fraction of sp³-hybridized carbons (Fsp3) is 0.385. The summed E-state index contributed by atoms with van der Waals surface area (Å²) >= 11 is 0. The van der Waals surface area contributed by atoms with Crippen LogP contribution in [0, 0.1) is 0 Å². The van der Waals surface area contributed by atoms with Gasteiger partial charge < -0.3 is 4.57 Å². The predicted molar refractivity (Wildman–Crippen MR) is 73.6 cm³/mol. The lowest BCUT2D eigenvalue weighted by molar-refractivity contribution is 0.400. The number of nitrogens with zero attached hydrogens (tertiary/aromatic N) is 3. The Hall–Kier alpha value is -1.69. The smallest absolute Gasteiger partial charge is 0.175 e. The third-order valence-electron chi connectivity index (χ3n) is 2.81. The topological polar surface area (TPSA) is 64.8 Å². The summed E-state index contributed by atoms with van der Waals surface area (Å²) in [5, 5.41) is 8.04. The summed E-state index contributed by atoms with van der Waals surface area (Å²) in [5.74, 6) is 0.729. The van der Waals surface area contributed by atoms with Crippen LogP contribution in [0.2, 0.25) is 0 Å². The molecule has 0 aliphatic carbocycles. The lowest BCUT2D eigenvalue weighted by atomic mass is 10.1. The molecule has 2 aromatic rings. The summed E-state index contributed by atoms with van der Waals surface area (Å²) in [6.07, 6.45) is 2.87. The van der Waals surface area contributed by atoms with Crippen LogP contribution < -0.4 is 0 Å². The van der Waals surface area contributed by atoms with Gasteiger partial charge in [0.15, 0.2) is 15.7 Å². The second kappa shape index (κ2) is 4.45. The van der Waals surface area contributed by atoms with E-state index in [4.69, 9.17) is 0 Å². The largest absolute Gasteiger partial charge is 0.308 e. The van der Waals surface area contributed by atoms with E-state index in [0.29, 0.717) is 4.90 Å². The van der Waals surface area contributed by atoms with E-state index < -0.39 is 9.84 Å². The van der Waals surface area contributed by atoms with Crippen LogP contribution in [0.4, 0.5) is 0 Å². The number of sulfone groups is 1. The standard InChI is InChI=1S/C13H17N3O2S/c1-13(2,3)16-9-14-15-12(16)10-5-7-11(8-6-10)19(4,17)18/h5-9H,1-4H3. The molecule has 5 nitrogen and oxygen atoms in total. The van der Waals surface area contributed by atoms with Gasteiger partial charge in [0.25, 0.3) is 0 Å². The van der Waals surface area contributed by atoms with Crippen molar-refractivity contribution in [2.45, 2.75) is 31.2 Å². The molecule has 2 rings (SSSR count). The van der Waals surface area contributed by atoms with Gasteiger partial charge in [0.05, 0.1) is 4.90 Å². The maximum Gasteiger partial charge on any atom is 0.175 e. The fourth-order valence-electron chi connectivity index (χ4n) is 1.77. The molecule has 1 heterocycles. The monoisotopic (exact) mass is 279 g/mol. The van der Waals surface area contributed by atoms with E-state index in [0.717, 1.165) is 11.4 Å². The van der Waals surface area contributed by atoms with Gasteiger partial charge in [-0.15, -0.1) is 10.2 Å². The van der Waals surface area contributed by atoms with Gasteiger partial charge in [0.2, 0.25) is 0 Å². The normalized spacial score (nSPS) is 12.6. The fourth-order valence-corrected chi connectivity index (χ4v) is 2.40. The Balaban J connectivity index is 2.47. The summed E-state index contributed by atoms with van der Waals surface area (Å²) in [5.41, 5.74) is 0.716. The summed E-state index contributed by atoms with van der Waals surface area (Å²) in [4.78, 5) is 0.304. The van der Waals surface area contributed by atoms with Crippen LogP contribution in [-0.4, -0.2) is 29.4 Å². The molecule has 0 saturated carbocycles. The first-order valence-corrected chi connectivity index (χ1v) is 7.80. The number of hydrogen-bond acceptors (Lipinski definition) is 4. The van der Waals surface area contributed by atoms with Crippen molar-refractivity contribution in [3.8, 4) is 11.4 Å². The minimum absolute atomic E-state index is 0.131. The molecule has 6 heteroatoms. The zero-order chi connectivity index (χ0) is 14.3. The van der Waals surface area contributed by atoms with E-state index in [1.807, 2.05) is 4.57 Å². The number of benzene rings is 1. The minimum atomic E-state index is -3.17. The molecule has 0 fully saturated rings. The van der Waals surface area contributed by atoms with Crippen molar-refractivity contribution in [2.75, 3.05) is 6.26 Å². The summed E-state index contributed by atoms with van der Waals surface area (Å²) in [7, 11) is -3.17. The van der Waals surface area contributed by atoms with Crippen LogP contribution in [0.15, 0.2) is 35.5 Å². The maximum absolute atomic E-state index is 11.4. The van der Waals surface area contributed by atoms with Gasteiger partial charge in [0.1, 0.15) is 6.33 Å². The molecule has 0 N–H and O–H groups in total. The average molecular weight is 279 g/mol. The molecule has 0 aliphatic rings. The summed E-state index contributed by atoms with van der Waals surface area (Å²) < 4.78 is 24.8. The van der Waals surface area contributed by atoms with Crippen LogP contribution in [0.3, 0.4) is 0 Å². The molecule has 102 valence electrons. The molecular weight excluding hydrogens is 262 g/mol. The molecule has 0 saturated heterocycles. The van der Waals surface area contributed by atoms with Crippen molar-refractivity contribution in [1.82, 2.24) is 14.8 Å². The van der Waals surface area contributed by atoms with Crippen LogP contribution in [0.25, 0.3) is 11.4 Å². The molecule has 0 unspecified atom stereocenters. The molecule has 0 spiro atoms. The van der Waals surface area contributed by atoms with Crippen LogP contribution in [0.1, 0.15) is 20.8 Å². The van der Waals surface area contributed by atoms with Crippen LogP contribution >= 0.6 is 0 Å². The first-order valence-electron chi connectivity index (χ1n) is 5.90. The Kier molecular flexibility index (Phi) is 3.22. The number of hydrogen-bond donors (Lipinski definition) is 0. The molecule has 1 aromatic carbocycles. The molecule has 0 radical (unpaired) electrons. The SMILES string of the molecule is CC(C)(C)n1cnnc1-c1ccc(S(C)(=O)=O)cc1. The minimum Gasteiger partial charge on any atom is -0.308 e. The molecule has 19 heavy (non-hydrogen) atoms. The molecule has 0 atom stereocenters. The van der Waals surface area contributed by atoms with Crippen molar-refractivity contribution >= 4 is 9.84 Å². The van der Waals surface area contributed by atoms with Gasteiger partial charge in [-0.2, -0.15) is 0 Å². The zero-order valence-electron chi connectivity index (χ0n) is 11.5. The zero-order valence-corrected chi connectivity index (χ0v) is 12.3. The Bertz CT molecular complexity index is 679. The average Bonchev–Trinajstić information content (AvgIpc) is 2.76. The van der Waals surface area contributed by atoms with E-state index in [-0.39, 0.29) is 5.54 Å². The first kappa shape index (κ1) is 13.7. The van der Waals surface area contributed by atoms with Crippen LogP contribution in [0.5, 0.6) is 0 Å². The van der Waals surface area contributed by atoms with Gasteiger partial charge in [-0.05, 0) is 45.0 Å². The van der Waals surface area contributed by atoms with Crippen molar-refractivity contribution in [3.63, 3.8) is 0 Å². The first-order chi connectivity index (χ1) is 8.69. The Morgan fingerprint density at radius 2 is 1.68 bits per heavy atom. The molecule has 0 bridgehead atoms. The lowest BCUT2D eigenvalue weighted by Crippen LogP contribution is -2.21. The van der Waals surface area contributed by atoms with Gasteiger partial charge in [0, 0.05) is 17.4 Å². The van der Waals surface area contributed by atoms with Crippen molar-refractivity contribution in [1.29, 1.82) is 0 Å². The predicted octanol–water partition coefficient (Wildman–Crippen LogP) is 2.10. The molecule has 0 amide bonds. The number of rotatable bonds is 2. The van der Waals surface area contributed by atoms with E-state index in [1.54, 1.807) is 30.6 Å². The molecule has 1 aromatic heterocycles. The van der Waals surface area contributed by atoms with Gasteiger partial charge in [-0.3, -0.25) is 0 Å². The van der Waals surface area contributed by atoms with Gasteiger partial charge >= 0.3 is 0 Å². The highest BCUT2D eigenvalue weighted by Crippen LogP contribution is 2.24. The van der Waals surface area contributed by atoms with E-state index in [9.17, 15) is 8.42 Å². The molecular formula is C13H17N3O2S. The summed E-state index contributed by atoms with van der Waals surface area (Å²) in [6.45, 7) is 6.18. The Morgan fingerprint density at radius 3 is 2.16 bits per heavy atom. The quantitative estimate of drug-likeness (QED) is 0.844. The highest BCUT2D eigenvalue weighted by Gasteiger charge is 2.19. The van der Waals surface area contributed by atoms with Crippen molar-refractivity contribution in [3.05, 3.63) is 30.6 Å². The highest BCUT2D eigenvalue weighted by molar-refractivity contribution is 7.90. The third-order valence-corrected chi connectivity index (χ3v) is 3.94. The Labute approximate surface area is 113 Å². The molecule has 0 aliphatic heterocycles. The number of aromatic nitrogens is 3.